The Bertz CT molecular complexity index is 84.1. The molecule has 0 bridgehead atoms. The largest absolute Gasteiger partial charge is 0.361 e. The van der Waals surface area contributed by atoms with E-state index in [2.05, 4.69) is 4.90 Å². The fourth-order valence-corrected chi connectivity index (χ4v) is 0.652. The van der Waals surface area contributed by atoms with Crippen LogP contribution in [0.4, 0.5) is 0 Å². The number of hydrogen-bond acceptors (Lipinski definition) is 1. The normalized spacial score (nSPS) is 18.7. The molecule has 40 valence electrons. The van der Waals surface area contributed by atoms with Gasteiger partial charge in [-0.25, -0.2) is 0 Å². The van der Waals surface area contributed by atoms with Gasteiger partial charge in [0.25, 0.3) is 0 Å². The maximum absolute atomic E-state index is 7.08. The van der Waals surface area contributed by atoms with Gasteiger partial charge in [-0.15, -0.1) is 0 Å². The van der Waals surface area contributed by atoms with Crippen LogP contribution in [0.25, 0.3) is 0 Å². The molecule has 1 saturated heterocycles. The second-order valence-electron chi connectivity index (χ2n) is 1.93. The Morgan fingerprint density at radius 1 is 1.57 bits per heavy atom. The van der Waals surface area contributed by atoms with Crippen molar-refractivity contribution in [2.24, 2.45) is 0 Å². The third-order valence-corrected chi connectivity index (χ3v) is 1.33. The molecule has 1 aliphatic rings. The topological polar surface area (TPSA) is 27.1 Å². The smallest absolute Gasteiger partial charge is 0.0925 e. The highest BCUT2D eigenvalue weighted by molar-refractivity contribution is 5.76. The second kappa shape index (κ2) is 1.52. The first-order valence-corrected chi connectivity index (χ1v) is 2.61. The molecule has 1 aliphatic heterocycles. The van der Waals surface area contributed by atoms with E-state index in [0.717, 1.165) is 13.1 Å². The first-order valence-electron chi connectivity index (χ1n) is 2.61. The molecule has 0 unspecified atom stereocenters. The van der Waals surface area contributed by atoms with Crippen LogP contribution in [0.1, 0.15) is 13.3 Å². The van der Waals surface area contributed by atoms with Crippen molar-refractivity contribution in [2.75, 3.05) is 13.1 Å². The van der Waals surface area contributed by atoms with Crippen molar-refractivity contribution in [3.63, 3.8) is 0 Å². The van der Waals surface area contributed by atoms with Crippen molar-refractivity contribution in [3.8, 4) is 0 Å². The van der Waals surface area contributed by atoms with E-state index in [9.17, 15) is 0 Å². The van der Waals surface area contributed by atoms with Gasteiger partial charge in [0.1, 0.15) is 0 Å². The van der Waals surface area contributed by atoms with Crippen molar-refractivity contribution in [1.29, 1.82) is 5.41 Å². The predicted octanol–water partition coefficient (Wildman–Crippen LogP) is 0.689. The van der Waals surface area contributed by atoms with Gasteiger partial charge in [0.05, 0.1) is 5.84 Å². The minimum absolute atomic E-state index is 0.714. The average molecular weight is 98.1 g/mol. The summed E-state index contributed by atoms with van der Waals surface area (Å²) in [7, 11) is 0. The van der Waals surface area contributed by atoms with Gasteiger partial charge in [0.2, 0.25) is 0 Å². The van der Waals surface area contributed by atoms with Crippen LogP contribution in [0.15, 0.2) is 0 Å². The van der Waals surface area contributed by atoms with E-state index in [1.54, 1.807) is 0 Å². The molecule has 0 amide bonds. The Hall–Kier alpha value is -0.530. The SMILES string of the molecule is CC(=N)N1CCC1. The third kappa shape index (κ3) is 0.734. The summed E-state index contributed by atoms with van der Waals surface area (Å²) in [5.74, 6) is 0.714. The number of rotatable bonds is 0. The summed E-state index contributed by atoms with van der Waals surface area (Å²) in [5.41, 5.74) is 0. The molecule has 0 aliphatic carbocycles. The van der Waals surface area contributed by atoms with Gasteiger partial charge < -0.3 is 4.90 Å². The quantitative estimate of drug-likeness (QED) is 0.350. The third-order valence-electron chi connectivity index (χ3n) is 1.33. The second-order valence-corrected chi connectivity index (χ2v) is 1.93. The van der Waals surface area contributed by atoms with Gasteiger partial charge in [0.15, 0.2) is 0 Å². The molecule has 0 radical (unpaired) electrons. The van der Waals surface area contributed by atoms with Crippen molar-refractivity contribution >= 4 is 5.84 Å². The molecular formula is C5H10N2. The summed E-state index contributed by atoms with van der Waals surface area (Å²) in [4.78, 5) is 2.06. The Labute approximate surface area is 43.6 Å². The number of hydrogen-bond donors (Lipinski definition) is 1. The summed E-state index contributed by atoms with van der Waals surface area (Å²) < 4.78 is 0. The Balaban J connectivity index is 2.27. The molecule has 1 N–H and O–H groups in total. The van der Waals surface area contributed by atoms with E-state index in [-0.39, 0.29) is 0 Å². The summed E-state index contributed by atoms with van der Waals surface area (Å²) in [6.07, 6.45) is 1.27. The lowest BCUT2D eigenvalue weighted by Crippen LogP contribution is -2.40. The summed E-state index contributed by atoms with van der Waals surface area (Å²) in [6, 6.07) is 0. The average Bonchev–Trinajstić information content (AvgIpc) is 1.23. The molecule has 0 aromatic carbocycles. The molecule has 0 saturated carbocycles. The van der Waals surface area contributed by atoms with Crippen LogP contribution in [0.3, 0.4) is 0 Å². The van der Waals surface area contributed by atoms with Gasteiger partial charge in [-0.05, 0) is 13.3 Å². The molecule has 2 nitrogen and oxygen atoms in total. The highest BCUT2D eigenvalue weighted by atomic mass is 15.2. The lowest BCUT2D eigenvalue weighted by Gasteiger charge is -2.31. The first-order chi connectivity index (χ1) is 3.30. The maximum Gasteiger partial charge on any atom is 0.0925 e. The first kappa shape index (κ1) is 4.62. The van der Waals surface area contributed by atoms with E-state index < -0.39 is 0 Å². The fraction of sp³-hybridized carbons (Fsp3) is 0.800. The highest BCUT2D eigenvalue weighted by Gasteiger charge is 2.12. The van der Waals surface area contributed by atoms with Gasteiger partial charge in [-0.2, -0.15) is 0 Å². The van der Waals surface area contributed by atoms with Crippen LogP contribution in [-0.4, -0.2) is 23.8 Å². The lowest BCUT2D eigenvalue weighted by molar-refractivity contribution is 0.296. The maximum atomic E-state index is 7.08. The molecule has 1 fully saturated rings. The lowest BCUT2D eigenvalue weighted by atomic mass is 10.2. The highest BCUT2D eigenvalue weighted by Crippen LogP contribution is 2.04. The Morgan fingerprint density at radius 3 is 2.14 bits per heavy atom. The standard InChI is InChI=1S/C5H10N2/c1-5(6)7-3-2-4-7/h6H,2-4H2,1H3. The van der Waals surface area contributed by atoms with Crippen molar-refractivity contribution < 1.29 is 0 Å². The molecule has 0 aromatic rings. The van der Waals surface area contributed by atoms with Crippen LogP contribution >= 0.6 is 0 Å². The zero-order chi connectivity index (χ0) is 5.28. The molecule has 7 heavy (non-hydrogen) atoms. The van der Waals surface area contributed by atoms with E-state index in [0.29, 0.717) is 5.84 Å². The zero-order valence-electron chi connectivity index (χ0n) is 4.57. The van der Waals surface area contributed by atoms with Crippen molar-refractivity contribution in [2.45, 2.75) is 13.3 Å². The van der Waals surface area contributed by atoms with Crippen molar-refractivity contribution in [1.82, 2.24) is 4.90 Å². The monoisotopic (exact) mass is 98.1 g/mol. The van der Waals surface area contributed by atoms with Crippen LogP contribution in [0.5, 0.6) is 0 Å². The summed E-state index contributed by atoms with van der Waals surface area (Å²) in [6.45, 7) is 4.05. The van der Waals surface area contributed by atoms with Crippen LogP contribution in [0, 0.1) is 5.41 Å². The number of amidine groups is 1. The molecule has 0 atom stereocenters. The Morgan fingerprint density at radius 2 is 2.14 bits per heavy atom. The molecular weight excluding hydrogens is 88.1 g/mol. The van der Waals surface area contributed by atoms with Gasteiger partial charge >= 0.3 is 0 Å². The number of nitrogens with one attached hydrogen (secondary N) is 1. The molecule has 1 rings (SSSR count). The fourth-order valence-electron chi connectivity index (χ4n) is 0.652. The van der Waals surface area contributed by atoms with Gasteiger partial charge in [-0.3, -0.25) is 5.41 Å². The zero-order valence-corrected chi connectivity index (χ0v) is 4.57. The summed E-state index contributed by atoms with van der Waals surface area (Å²) in [5, 5.41) is 7.08. The number of likely N-dealkylation sites (tertiary alicyclic amines) is 1. The van der Waals surface area contributed by atoms with E-state index in [4.69, 9.17) is 5.41 Å². The van der Waals surface area contributed by atoms with Crippen molar-refractivity contribution in [3.05, 3.63) is 0 Å². The van der Waals surface area contributed by atoms with Gasteiger partial charge in [-0.1, -0.05) is 0 Å². The predicted molar refractivity (Wildman–Crippen MR) is 29.6 cm³/mol. The minimum Gasteiger partial charge on any atom is -0.361 e. The van der Waals surface area contributed by atoms with E-state index in [1.807, 2.05) is 6.92 Å². The molecule has 0 aromatic heterocycles. The van der Waals surface area contributed by atoms with E-state index in [1.165, 1.54) is 6.42 Å². The minimum atomic E-state index is 0.714. The number of nitrogens with zero attached hydrogens (tertiary/aromatic N) is 1. The van der Waals surface area contributed by atoms with Crippen LogP contribution < -0.4 is 0 Å². The summed E-state index contributed by atoms with van der Waals surface area (Å²) >= 11 is 0. The molecule has 2 heteroatoms. The Kier molecular flexibility index (Phi) is 1.01. The van der Waals surface area contributed by atoms with Crippen LogP contribution in [0.2, 0.25) is 0 Å². The van der Waals surface area contributed by atoms with Crippen LogP contribution in [-0.2, 0) is 0 Å². The molecule has 0 spiro atoms. The van der Waals surface area contributed by atoms with E-state index >= 15 is 0 Å². The molecule has 1 heterocycles. The van der Waals surface area contributed by atoms with Gasteiger partial charge in [0, 0.05) is 13.1 Å².